The van der Waals surface area contributed by atoms with Gasteiger partial charge in [0.15, 0.2) is 6.10 Å². The van der Waals surface area contributed by atoms with Crippen molar-refractivity contribution in [3.05, 3.63) is 60.2 Å². The van der Waals surface area contributed by atoms with Crippen LogP contribution in [-0.2, 0) is 24.3 Å². The van der Waals surface area contributed by atoms with Gasteiger partial charge in [0.2, 0.25) is 10.0 Å². The molecule has 2 rings (SSSR count). The molecule has 2 aromatic carbocycles. The van der Waals surface area contributed by atoms with Crippen LogP contribution in [0.25, 0.3) is 0 Å². The van der Waals surface area contributed by atoms with Gasteiger partial charge in [0, 0.05) is 19.8 Å². The maximum atomic E-state index is 12.5. The van der Waals surface area contributed by atoms with Crippen LogP contribution in [0, 0.1) is 0 Å². The summed E-state index contributed by atoms with van der Waals surface area (Å²) in [7, 11) is -0.764. The molecule has 0 heterocycles. The van der Waals surface area contributed by atoms with Crippen molar-refractivity contribution < 1.29 is 22.7 Å². The quantitative estimate of drug-likeness (QED) is 0.665. The van der Waals surface area contributed by atoms with Crippen LogP contribution in [0.4, 0.5) is 5.69 Å². The molecule has 1 N–H and O–H groups in total. The maximum Gasteiger partial charge on any atom is 0.314 e. The molecule has 0 aliphatic carbocycles. The Labute approximate surface area is 171 Å². The Balaban J connectivity index is 2.07. The van der Waals surface area contributed by atoms with E-state index < -0.39 is 33.9 Å². The van der Waals surface area contributed by atoms with E-state index in [9.17, 15) is 18.0 Å². The first-order chi connectivity index (χ1) is 13.7. The highest BCUT2D eigenvalue weighted by molar-refractivity contribution is 7.89. The lowest BCUT2D eigenvalue weighted by Gasteiger charge is -2.19. The lowest BCUT2D eigenvalue weighted by atomic mass is 9.97. The number of sulfonamides is 1. The number of carbonyl (C=O) groups excluding carboxylic acids is 2. The summed E-state index contributed by atoms with van der Waals surface area (Å²) in [5.74, 6) is -1.48. The number of rotatable bonds is 8. The number of amides is 1. The van der Waals surface area contributed by atoms with Crippen LogP contribution in [0.5, 0.6) is 0 Å². The number of nitrogens with zero attached hydrogens (tertiary/aromatic N) is 1. The largest absolute Gasteiger partial charge is 0.452 e. The molecule has 1 amide bonds. The predicted octanol–water partition coefficient (Wildman–Crippen LogP) is 3.00. The average Bonchev–Trinajstić information content (AvgIpc) is 2.69. The van der Waals surface area contributed by atoms with Gasteiger partial charge in [0.1, 0.15) is 0 Å². The van der Waals surface area contributed by atoms with E-state index in [1.807, 2.05) is 37.3 Å². The van der Waals surface area contributed by atoms with Crippen molar-refractivity contribution in [3.8, 4) is 0 Å². The lowest BCUT2D eigenvalue weighted by molar-refractivity contribution is -0.154. The maximum absolute atomic E-state index is 12.5. The van der Waals surface area contributed by atoms with Gasteiger partial charge in [-0.15, -0.1) is 0 Å². The van der Waals surface area contributed by atoms with Gasteiger partial charge in [-0.05, 0) is 37.1 Å². The van der Waals surface area contributed by atoms with Crippen molar-refractivity contribution in [2.75, 3.05) is 19.4 Å². The summed E-state index contributed by atoms with van der Waals surface area (Å²) >= 11 is 0. The summed E-state index contributed by atoms with van der Waals surface area (Å²) in [6, 6.07) is 15.1. The minimum atomic E-state index is -3.62. The molecule has 7 nitrogen and oxygen atoms in total. The van der Waals surface area contributed by atoms with Crippen LogP contribution < -0.4 is 5.32 Å². The Bertz CT molecular complexity index is 958. The molecule has 0 aromatic heterocycles. The van der Waals surface area contributed by atoms with E-state index in [0.29, 0.717) is 12.1 Å². The normalized spacial score (nSPS) is 13.6. The number of nitrogens with one attached hydrogen (secondary N) is 1. The molecule has 0 aliphatic rings. The molecule has 156 valence electrons. The van der Waals surface area contributed by atoms with Crippen LogP contribution >= 0.6 is 0 Å². The van der Waals surface area contributed by atoms with E-state index in [1.165, 1.54) is 39.2 Å². The summed E-state index contributed by atoms with van der Waals surface area (Å²) in [5, 5.41) is 2.60. The highest BCUT2D eigenvalue weighted by Gasteiger charge is 2.25. The van der Waals surface area contributed by atoms with Crippen molar-refractivity contribution in [3.63, 3.8) is 0 Å². The molecule has 29 heavy (non-hydrogen) atoms. The van der Waals surface area contributed by atoms with Crippen molar-refractivity contribution >= 4 is 27.6 Å². The van der Waals surface area contributed by atoms with Crippen molar-refractivity contribution in [2.45, 2.75) is 37.2 Å². The van der Waals surface area contributed by atoms with Gasteiger partial charge < -0.3 is 10.1 Å². The lowest BCUT2D eigenvalue weighted by Crippen LogP contribution is -2.32. The fraction of sp³-hybridized carbons (Fsp3) is 0.333. The number of hydrogen-bond acceptors (Lipinski definition) is 5. The third-order valence-corrected chi connectivity index (χ3v) is 6.25. The molecule has 0 bridgehead atoms. The van der Waals surface area contributed by atoms with Crippen molar-refractivity contribution in [1.29, 1.82) is 0 Å². The topological polar surface area (TPSA) is 92.8 Å². The standard InChI is InChI=1S/C21H26N2O5S/c1-5-19(16-10-7-6-8-11-16)21(25)28-15(2)20(24)22-17-12-9-13-18(14-17)29(26,27)23(3)4/h6-15,19H,5H2,1-4H3,(H,22,24)/t15-,19+/m0/s1. The van der Waals surface area contributed by atoms with Crippen LogP contribution in [-0.4, -0.2) is 44.8 Å². The van der Waals surface area contributed by atoms with Crippen molar-refractivity contribution in [2.24, 2.45) is 0 Å². The summed E-state index contributed by atoms with van der Waals surface area (Å²) < 4.78 is 30.9. The van der Waals surface area contributed by atoms with E-state index in [1.54, 1.807) is 6.07 Å². The average molecular weight is 419 g/mol. The molecule has 0 saturated heterocycles. The Kier molecular flexibility index (Phi) is 7.53. The Morgan fingerprint density at radius 2 is 1.72 bits per heavy atom. The summed E-state index contributed by atoms with van der Waals surface area (Å²) in [6.45, 7) is 3.35. The first-order valence-corrected chi connectivity index (χ1v) is 10.7. The summed E-state index contributed by atoms with van der Waals surface area (Å²) in [6.07, 6.45) is -0.490. The Morgan fingerprint density at radius 3 is 2.31 bits per heavy atom. The molecule has 8 heteroatoms. The first kappa shape index (κ1) is 22.6. The van der Waals surface area contributed by atoms with E-state index in [2.05, 4.69) is 5.32 Å². The second-order valence-electron chi connectivity index (χ2n) is 6.76. The highest BCUT2D eigenvalue weighted by atomic mass is 32.2. The number of anilines is 1. The molecule has 0 radical (unpaired) electrons. The molecule has 0 unspecified atom stereocenters. The molecule has 2 aromatic rings. The summed E-state index contributed by atoms with van der Waals surface area (Å²) in [5.41, 5.74) is 1.13. The van der Waals surface area contributed by atoms with Gasteiger partial charge in [0.25, 0.3) is 5.91 Å². The summed E-state index contributed by atoms with van der Waals surface area (Å²) in [4.78, 5) is 25.0. The van der Waals surface area contributed by atoms with Crippen LogP contribution in [0.3, 0.4) is 0 Å². The minimum absolute atomic E-state index is 0.0556. The highest BCUT2D eigenvalue weighted by Crippen LogP contribution is 2.22. The fourth-order valence-corrected chi connectivity index (χ4v) is 3.67. The van der Waals surface area contributed by atoms with Gasteiger partial charge in [-0.3, -0.25) is 9.59 Å². The number of ether oxygens (including phenoxy) is 1. The van der Waals surface area contributed by atoms with Crippen LogP contribution in [0.1, 0.15) is 31.7 Å². The number of carbonyl (C=O) groups is 2. The van der Waals surface area contributed by atoms with E-state index in [4.69, 9.17) is 4.74 Å². The Hall–Kier alpha value is -2.71. The minimum Gasteiger partial charge on any atom is -0.452 e. The second-order valence-corrected chi connectivity index (χ2v) is 8.91. The third-order valence-electron chi connectivity index (χ3n) is 4.44. The molecule has 0 spiro atoms. The first-order valence-electron chi connectivity index (χ1n) is 9.25. The number of benzene rings is 2. The van der Waals surface area contributed by atoms with Gasteiger partial charge in [-0.2, -0.15) is 0 Å². The molecule has 0 saturated carbocycles. The van der Waals surface area contributed by atoms with E-state index >= 15 is 0 Å². The van der Waals surface area contributed by atoms with Gasteiger partial charge in [0.05, 0.1) is 10.8 Å². The van der Waals surface area contributed by atoms with Crippen molar-refractivity contribution in [1.82, 2.24) is 4.31 Å². The fourth-order valence-electron chi connectivity index (χ4n) is 2.72. The zero-order valence-electron chi connectivity index (χ0n) is 17.0. The third kappa shape index (κ3) is 5.65. The van der Waals surface area contributed by atoms with E-state index in [0.717, 1.165) is 9.87 Å². The zero-order chi connectivity index (χ0) is 21.6. The van der Waals surface area contributed by atoms with Gasteiger partial charge in [-0.1, -0.05) is 43.3 Å². The Morgan fingerprint density at radius 1 is 1.07 bits per heavy atom. The number of hydrogen-bond donors (Lipinski definition) is 1. The van der Waals surface area contributed by atoms with Gasteiger partial charge in [-0.25, -0.2) is 12.7 Å². The molecule has 2 atom stereocenters. The zero-order valence-corrected chi connectivity index (χ0v) is 17.8. The molecule has 0 aliphatic heterocycles. The molecule has 0 fully saturated rings. The monoisotopic (exact) mass is 418 g/mol. The molecular weight excluding hydrogens is 392 g/mol. The smallest absolute Gasteiger partial charge is 0.314 e. The van der Waals surface area contributed by atoms with Crippen LogP contribution in [0.2, 0.25) is 0 Å². The number of esters is 1. The van der Waals surface area contributed by atoms with Gasteiger partial charge >= 0.3 is 5.97 Å². The predicted molar refractivity (Wildman–Crippen MR) is 111 cm³/mol. The molecular formula is C21H26N2O5S. The SMILES string of the molecule is CC[C@@H](C(=O)O[C@@H](C)C(=O)Nc1cccc(S(=O)(=O)N(C)C)c1)c1ccccc1. The van der Waals surface area contributed by atoms with Crippen LogP contribution in [0.15, 0.2) is 59.5 Å². The second kappa shape index (κ2) is 9.67. The van der Waals surface area contributed by atoms with E-state index in [-0.39, 0.29) is 4.90 Å².